The van der Waals surface area contributed by atoms with Crippen molar-refractivity contribution < 1.29 is 68.1 Å². The Morgan fingerprint density at radius 2 is 1.40 bits per heavy atom. The second-order valence-corrected chi connectivity index (χ2v) is 9.42. The average Bonchev–Trinajstić information content (AvgIpc) is 2.91. The Hall–Kier alpha value is -4.05. The van der Waals surface area contributed by atoms with Gasteiger partial charge in [0.2, 0.25) is 0 Å². The number of ether oxygens (including phenoxy) is 4. The molecule has 2 aromatic rings. The van der Waals surface area contributed by atoms with Crippen LogP contribution in [-0.2, 0) is 28.4 Å². The molecule has 0 aliphatic carbocycles. The van der Waals surface area contributed by atoms with Crippen LogP contribution in [0.3, 0.4) is 0 Å². The van der Waals surface area contributed by atoms with E-state index in [9.17, 15) is 49.1 Å². The van der Waals surface area contributed by atoms with Crippen molar-refractivity contribution in [3.8, 4) is 11.5 Å². The van der Waals surface area contributed by atoms with Gasteiger partial charge in [0.25, 0.3) is 0 Å². The predicted octanol–water partition coefficient (Wildman–Crippen LogP) is 7.35. The number of hydrogen-bond acceptors (Lipinski definition) is 6. The zero-order valence-corrected chi connectivity index (χ0v) is 22.9. The monoisotopic (exact) mass is 632 g/mol. The van der Waals surface area contributed by atoms with Gasteiger partial charge in [0.05, 0.1) is 44.2 Å². The fourth-order valence-corrected chi connectivity index (χ4v) is 4.67. The second kappa shape index (κ2) is 12.3. The Morgan fingerprint density at radius 3 is 1.86 bits per heavy atom. The molecule has 0 spiro atoms. The third kappa shape index (κ3) is 7.67. The van der Waals surface area contributed by atoms with Crippen molar-refractivity contribution >= 4 is 17.9 Å². The van der Waals surface area contributed by atoms with Crippen molar-refractivity contribution in [1.82, 2.24) is 4.90 Å². The minimum absolute atomic E-state index is 0.0139. The highest BCUT2D eigenvalue weighted by molar-refractivity contribution is 5.91. The summed E-state index contributed by atoms with van der Waals surface area (Å²) in [7, 11) is 3.40. The zero-order valence-electron chi connectivity index (χ0n) is 22.9. The van der Waals surface area contributed by atoms with Gasteiger partial charge in [-0.2, -0.15) is 39.5 Å². The van der Waals surface area contributed by atoms with Gasteiger partial charge in [-0.05, 0) is 43.2 Å². The minimum Gasteiger partial charge on any atom is -0.493 e. The lowest BCUT2D eigenvalue weighted by Crippen LogP contribution is -2.48. The number of fused-ring (bicyclic) bond motifs is 1. The van der Waals surface area contributed by atoms with Crippen molar-refractivity contribution in [3.05, 3.63) is 52.6 Å². The van der Waals surface area contributed by atoms with E-state index < -0.39 is 72.6 Å². The van der Waals surface area contributed by atoms with Gasteiger partial charge in [0.15, 0.2) is 18.1 Å². The molecule has 0 aromatic heterocycles. The highest BCUT2D eigenvalue weighted by Gasteiger charge is 2.42. The van der Waals surface area contributed by atoms with Crippen LogP contribution in [-0.4, -0.2) is 57.2 Å². The van der Waals surface area contributed by atoms with E-state index in [4.69, 9.17) is 14.2 Å². The third-order valence-corrected chi connectivity index (χ3v) is 6.50. The van der Waals surface area contributed by atoms with Gasteiger partial charge >= 0.3 is 30.7 Å². The lowest BCUT2D eigenvalue weighted by Gasteiger charge is -2.42. The predicted molar refractivity (Wildman–Crippen MR) is 131 cm³/mol. The quantitative estimate of drug-likeness (QED) is 0.310. The second-order valence-electron chi connectivity index (χ2n) is 9.42. The lowest BCUT2D eigenvalue weighted by molar-refractivity contribution is -0.159. The Balaban J connectivity index is 2.18. The molecule has 0 unspecified atom stereocenters. The SMILES string of the molecule is COC(=O)N(Cc1cc(C(F)(F)F)cc(C(F)(F)F)c1)[C@@H]1C[C@H](C)N(C(=O)OCC(F)(F)F)c2cc(OC)c(OC)cc21. The van der Waals surface area contributed by atoms with Gasteiger partial charge in [-0.1, -0.05) is 0 Å². The average molecular weight is 632 g/mol. The van der Waals surface area contributed by atoms with E-state index in [0.29, 0.717) is 12.1 Å². The molecular weight excluding hydrogens is 607 g/mol. The standard InChI is InChI=1S/C26H25F9N2O6/c1-13-5-18(17-9-20(40-2)21(41-3)10-19(17)37(13)23(39)43-12-24(27,28)29)36(22(38)42-4)11-14-6-15(25(30,31)32)8-16(7-14)26(33,34)35/h6-10,13,18H,5,11-12H2,1-4H3/t13-,18+/m0/s1. The van der Waals surface area contributed by atoms with Crippen molar-refractivity contribution in [2.24, 2.45) is 0 Å². The summed E-state index contributed by atoms with van der Waals surface area (Å²) in [6.45, 7) is -1.33. The number of alkyl halides is 9. The number of benzene rings is 2. The van der Waals surface area contributed by atoms with Gasteiger partial charge in [-0.15, -0.1) is 0 Å². The number of amides is 2. The summed E-state index contributed by atoms with van der Waals surface area (Å²) in [6, 6.07) is 1.14. The highest BCUT2D eigenvalue weighted by Crippen LogP contribution is 2.47. The molecule has 1 aliphatic heterocycles. The number of methoxy groups -OCH3 is 3. The van der Waals surface area contributed by atoms with Gasteiger partial charge in [-0.3, -0.25) is 9.80 Å². The van der Waals surface area contributed by atoms with Gasteiger partial charge in [0.1, 0.15) is 0 Å². The Labute approximate surface area is 238 Å². The van der Waals surface area contributed by atoms with Crippen LogP contribution in [0, 0.1) is 0 Å². The topological polar surface area (TPSA) is 77.5 Å². The van der Waals surface area contributed by atoms with Crippen LogP contribution in [0.25, 0.3) is 0 Å². The molecule has 238 valence electrons. The molecular formula is C26H25F9N2O6. The van der Waals surface area contributed by atoms with E-state index in [2.05, 4.69) is 4.74 Å². The van der Waals surface area contributed by atoms with Crippen LogP contribution in [0.15, 0.2) is 30.3 Å². The molecule has 17 heteroatoms. The molecule has 0 saturated carbocycles. The van der Waals surface area contributed by atoms with Crippen molar-refractivity contribution in [3.63, 3.8) is 0 Å². The Bertz CT molecular complexity index is 1310. The molecule has 3 rings (SSSR count). The molecule has 8 nitrogen and oxygen atoms in total. The van der Waals surface area contributed by atoms with Crippen molar-refractivity contribution in [2.75, 3.05) is 32.8 Å². The summed E-state index contributed by atoms with van der Waals surface area (Å²) in [4.78, 5) is 27.5. The molecule has 43 heavy (non-hydrogen) atoms. The van der Waals surface area contributed by atoms with E-state index in [1.807, 2.05) is 0 Å². The van der Waals surface area contributed by atoms with Gasteiger partial charge in [-0.25, -0.2) is 9.59 Å². The van der Waals surface area contributed by atoms with Gasteiger partial charge in [0, 0.05) is 24.2 Å². The molecule has 0 saturated heterocycles. The minimum atomic E-state index is -5.15. The maximum Gasteiger partial charge on any atom is 0.422 e. The van der Waals surface area contributed by atoms with Gasteiger partial charge < -0.3 is 18.9 Å². The number of rotatable bonds is 6. The molecule has 0 N–H and O–H groups in total. The van der Waals surface area contributed by atoms with E-state index >= 15 is 0 Å². The maximum absolute atomic E-state index is 13.5. The van der Waals surface area contributed by atoms with E-state index in [1.54, 1.807) is 0 Å². The number of carbonyl (C=O) groups is 2. The Kier molecular flexibility index (Phi) is 9.56. The van der Waals surface area contributed by atoms with Crippen LogP contribution in [0.1, 0.15) is 41.6 Å². The number of carbonyl (C=O) groups excluding carboxylic acids is 2. The molecule has 0 bridgehead atoms. The molecule has 2 amide bonds. The van der Waals surface area contributed by atoms with Crippen LogP contribution < -0.4 is 14.4 Å². The Morgan fingerprint density at radius 1 is 0.860 bits per heavy atom. The molecule has 0 radical (unpaired) electrons. The number of hydrogen-bond donors (Lipinski definition) is 0. The molecule has 2 aromatic carbocycles. The molecule has 2 atom stereocenters. The number of nitrogens with zero attached hydrogens (tertiary/aromatic N) is 2. The highest BCUT2D eigenvalue weighted by atomic mass is 19.4. The van der Waals surface area contributed by atoms with Crippen LogP contribution in [0.2, 0.25) is 0 Å². The fourth-order valence-electron chi connectivity index (χ4n) is 4.67. The smallest absolute Gasteiger partial charge is 0.422 e. The largest absolute Gasteiger partial charge is 0.493 e. The van der Waals surface area contributed by atoms with E-state index in [-0.39, 0.29) is 35.2 Å². The normalized spacial score (nSPS) is 17.2. The van der Waals surface area contributed by atoms with Crippen molar-refractivity contribution in [1.29, 1.82) is 0 Å². The van der Waals surface area contributed by atoms with Crippen LogP contribution >= 0.6 is 0 Å². The lowest BCUT2D eigenvalue weighted by atomic mass is 9.90. The van der Waals surface area contributed by atoms with Crippen LogP contribution in [0.5, 0.6) is 11.5 Å². The van der Waals surface area contributed by atoms with Crippen molar-refractivity contribution in [2.45, 2.75) is 50.5 Å². The molecule has 1 heterocycles. The van der Waals surface area contributed by atoms with E-state index in [1.165, 1.54) is 33.3 Å². The maximum atomic E-state index is 13.5. The first-order valence-corrected chi connectivity index (χ1v) is 12.2. The fraction of sp³-hybridized carbons (Fsp3) is 0.462. The number of halogens is 9. The van der Waals surface area contributed by atoms with E-state index in [0.717, 1.165) is 16.9 Å². The summed E-state index contributed by atoms with van der Waals surface area (Å²) in [5.74, 6) is 0.0488. The number of anilines is 1. The summed E-state index contributed by atoms with van der Waals surface area (Å²) in [6.07, 6.45) is -18.0. The summed E-state index contributed by atoms with van der Waals surface area (Å²) in [5, 5.41) is 0. The summed E-state index contributed by atoms with van der Waals surface area (Å²) >= 11 is 0. The van der Waals surface area contributed by atoms with Crippen LogP contribution in [0.4, 0.5) is 54.8 Å². The summed E-state index contributed by atoms with van der Waals surface area (Å²) in [5.41, 5.74) is -3.83. The zero-order chi connectivity index (χ0) is 32.5. The first kappa shape index (κ1) is 33.5. The molecule has 0 fully saturated rings. The third-order valence-electron chi connectivity index (χ3n) is 6.50. The first-order chi connectivity index (χ1) is 19.8. The molecule has 1 aliphatic rings. The first-order valence-electron chi connectivity index (χ1n) is 12.2. The summed E-state index contributed by atoms with van der Waals surface area (Å²) < 4.78 is 139.